The van der Waals surface area contributed by atoms with Crippen LogP contribution in [0.5, 0.6) is 0 Å². The molecular formula is C14H18N2O3. The van der Waals surface area contributed by atoms with Gasteiger partial charge >= 0.3 is 5.97 Å². The van der Waals surface area contributed by atoms with Gasteiger partial charge in [0.1, 0.15) is 11.1 Å². The van der Waals surface area contributed by atoms with Gasteiger partial charge in [-0.05, 0) is 31.5 Å². The first kappa shape index (κ1) is 13.5. The van der Waals surface area contributed by atoms with Gasteiger partial charge in [0.2, 0.25) is 0 Å². The number of ether oxygens (including phenoxy) is 1. The third kappa shape index (κ3) is 2.93. The van der Waals surface area contributed by atoms with Crippen molar-refractivity contribution in [1.82, 2.24) is 10.3 Å². The van der Waals surface area contributed by atoms with Crippen molar-refractivity contribution in [3.05, 3.63) is 29.7 Å². The summed E-state index contributed by atoms with van der Waals surface area (Å²) in [6.07, 6.45) is 0. The Morgan fingerprint density at radius 1 is 1.47 bits per heavy atom. The maximum atomic E-state index is 11.6. The highest BCUT2D eigenvalue weighted by molar-refractivity contribution is 5.79. The number of fused-ring (bicyclic) bond motifs is 1. The molecule has 0 unspecified atom stereocenters. The van der Waals surface area contributed by atoms with Gasteiger partial charge < -0.3 is 9.15 Å². The van der Waals surface area contributed by atoms with Crippen molar-refractivity contribution in [2.75, 3.05) is 7.11 Å². The fourth-order valence-electron chi connectivity index (χ4n) is 1.84. The van der Waals surface area contributed by atoms with Crippen LogP contribution in [-0.2, 0) is 16.1 Å². The minimum Gasteiger partial charge on any atom is -0.468 e. The monoisotopic (exact) mass is 262 g/mol. The summed E-state index contributed by atoms with van der Waals surface area (Å²) in [5.74, 6) is 0.360. The molecule has 1 aromatic heterocycles. The number of hydrogen-bond acceptors (Lipinski definition) is 5. The van der Waals surface area contributed by atoms with Gasteiger partial charge in [0, 0.05) is 13.5 Å². The van der Waals surface area contributed by atoms with Crippen molar-refractivity contribution in [3.63, 3.8) is 0 Å². The maximum absolute atomic E-state index is 11.6. The number of rotatable bonds is 4. The summed E-state index contributed by atoms with van der Waals surface area (Å²) < 4.78 is 10.2. The Morgan fingerprint density at radius 2 is 2.21 bits per heavy atom. The van der Waals surface area contributed by atoms with Gasteiger partial charge in [-0.1, -0.05) is 6.07 Å². The van der Waals surface area contributed by atoms with Crippen molar-refractivity contribution in [1.29, 1.82) is 0 Å². The topological polar surface area (TPSA) is 64.4 Å². The lowest BCUT2D eigenvalue weighted by Crippen LogP contribution is -2.46. The maximum Gasteiger partial charge on any atom is 0.325 e. The van der Waals surface area contributed by atoms with E-state index in [0.29, 0.717) is 12.4 Å². The van der Waals surface area contributed by atoms with Crippen LogP contribution >= 0.6 is 0 Å². The van der Waals surface area contributed by atoms with E-state index in [2.05, 4.69) is 10.3 Å². The van der Waals surface area contributed by atoms with E-state index in [1.807, 2.05) is 25.1 Å². The molecule has 2 rings (SSSR count). The first-order valence-corrected chi connectivity index (χ1v) is 6.12. The summed E-state index contributed by atoms with van der Waals surface area (Å²) >= 11 is 0. The molecule has 2 aromatic rings. The van der Waals surface area contributed by atoms with E-state index in [1.165, 1.54) is 7.11 Å². The smallest absolute Gasteiger partial charge is 0.325 e. The molecule has 0 amide bonds. The molecule has 1 N–H and O–H groups in total. The predicted octanol–water partition coefficient (Wildman–Crippen LogP) is 2.18. The van der Waals surface area contributed by atoms with E-state index in [0.717, 1.165) is 16.7 Å². The Bertz CT molecular complexity index is 602. The van der Waals surface area contributed by atoms with Crippen LogP contribution in [0.25, 0.3) is 11.1 Å². The van der Waals surface area contributed by atoms with Crippen LogP contribution in [0, 0.1) is 6.92 Å². The van der Waals surface area contributed by atoms with Crippen LogP contribution in [0.2, 0.25) is 0 Å². The normalized spacial score (nSPS) is 11.8. The van der Waals surface area contributed by atoms with E-state index in [4.69, 9.17) is 9.15 Å². The van der Waals surface area contributed by atoms with Crippen LogP contribution in [0.4, 0.5) is 0 Å². The van der Waals surface area contributed by atoms with Crippen LogP contribution in [-0.4, -0.2) is 23.6 Å². The number of carbonyl (C=O) groups is 1. The third-order valence-corrected chi connectivity index (χ3v) is 2.99. The Kier molecular flexibility index (Phi) is 3.57. The molecule has 0 aliphatic carbocycles. The van der Waals surface area contributed by atoms with Crippen molar-refractivity contribution in [2.24, 2.45) is 0 Å². The second-order valence-electron chi connectivity index (χ2n) is 5.01. The molecule has 0 aliphatic heterocycles. The predicted molar refractivity (Wildman–Crippen MR) is 71.7 cm³/mol. The van der Waals surface area contributed by atoms with E-state index < -0.39 is 5.54 Å². The Hall–Kier alpha value is -1.88. The van der Waals surface area contributed by atoms with Crippen molar-refractivity contribution in [3.8, 4) is 0 Å². The number of oxazole rings is 1. The highest BCUT2D eigenvalue weighted by Gasteiger charge is 2.27. The fourth-order valence-corrected chi connectivity index (χ4v) is 1.84. The van der Waals surface area contributed by atoms with Gasteiger partial charge in [-0.3, -0.25) is 10.1 Å². The number of esters is 1. The summed E-state index contributed by atoms with van der Waals surface area (Å²) in [5, 5.41) is 3.16. The molecule has 0 radical (unpaired) electrons. The highest BCUT2D eigenvalue weighted by Crippen LogP contribution is 2.17. The first-order chi connectivity index (χ1) is 8.92. The number of hydrogen-bond donors (Lipinski definition) is 1. The zero-order chi connectivity index (χ0) is 14.0. The fraction of sp³-hybridized carbons (Fsp3) is 0.429. The van der Waals surface area contributed by atoms with Crippen molar-refractivity contribution >= 4 is 17.1 Å². The Balaban J connectivity index is 2.11. The molecule has 1 aromatic carbocycles. The lowest BCUT2D eigenvalue weighted by molar-refractivity contribution is -0.147. The van der Waals surface area contributed by atoms with E-state index in [-0.39, 0.29) is 5.97 Å². The quantitative estimate of drug-likeness (QED) is 0.855. The molecular weight excluding hydrogens is 244 g/mol. The number of methoxy groups -OCH3 is 1. The summed E-state index contributed by atoms with van der Waals surface area (Å²) in [7, 11) is 1.38. The highest BCUT2D eigenvalue weighted by atomic mass is 16.5. The molecule has 5 heteroatoms. The molecule has 0 atom stereocenters. The van der Waals surface area contributed by atoms with Crippen molar-refractivity contribution in [2.45, 2.75) is 32.9 Å². The lowest BCUT2D eigenvalue weighted by Gasteiger charge is -2.23. The Morgan fingerprint density at radius 3 is 2.89 bits per heavy atom. The summed E-state index contributed by atoms with van der Waals surface area (Å²) in [4.78, 5) is 15.8. The molecule has 1 heterocycles. The van der Waals surface area contributed by atoms with Crippen LogP contribution in [0.1, 0.15) is 25.3 Å². The Labute approximate surface area is 112 Å². The zero-order valence-corrected chi connectivity index (χ0v) is 11.6. The molecule has 0 fully saturated rings. The van der Waals surface area contributed by atoms with E-state index in [1.54, 1.807) is 13.8 Å². The number of aromatic nitrogens is 1. The summed E-state index contributed by atoms with van der Waals surface area (Å²) in [6.45, 7) is 5.95. The average molecular weight is 262 g/mol. The molecule has 0 saturated carbocycles. The van der Waals surface area contributed by atoms with Gasteiger partial charge in [0.05, 0.1) is 7.11 Å². The summed E-state index contributed by atoms with van der Waals surface area (Å²) in [5.41, 5.74) is 1.91. The second-order valence-corrected chi connectivity index (χ2v) is 5.01. The molecule has 5 nitrogen and oxygen atoms in total. The number of carbonyl (C=O) groups excluding carboxylic acids is 1. The van der Waals surface area contributed by atoms with Crippen LogP contribution in [0.15, 0.2) is 22.6 Å². The van der Waals surface area contributed by atoms with Gasteiger partial charge in [-0.2, -0.15) is 0 Å². The van der Waals surface area contributed by atoms with E-state index in [9.17, 15) is 4.79 Å². The molecule has 0 bridgehead atoms. The molecule has 0 spiro atoms. The lowest BCUT2D eigenvalue weighted by atomic mass is 10.1. The standard InChI is InChI=1S/C14H18N2O3/c1-9-16-11-6-5-10(7-12(11)19-9)8-15-14(2,3)13(17)18-4/h5-7,15H,8H2,1-4H3. The third-order valence-electron chi connectivity index (χ3n) is 2.99. The minimum absolute atomic E-state index is 0.288. The van der Waals surface area contributed by atoms with Crippen LogP contribution in [0.3, 0.4) is 0 Å². The zero-order valence-electron chi connectivity index (χ0n) is 11.6. The number of benzene rings is 1. The van der Waals surface area contributed by atoms with Crippen molar-refractivity contribution < 1.29 is 13.9 Å². The molecule has 102 valence electrons. The van der Waals surface area contributed by atoms with Crippen LogP contribution < -0.4 is 5.32 Å². The van der Waals surface area contributed by atoms with E-state index >= 15 is 0 Å². The van der Waals surface area contributed by atoms with Gasteiger partial charge in [0.25, 0.3) is 0 Å². The van der Waals surface area contributed by atoms with Gasteiger partial charge in [0.15, 0.2) is 11.5 Å². The number of nitrogens with one attached hydrogen (secondary N) is 1. The second kappa shape index (κ2) is 5.01. The van der Waals surface area contributed by atoms with Gasteiger partial charge in [-0.15, -0.1) is 0 Å². The number of aryl methyl sites for hydroxylation is 1. The average Bonchev–Trinajstić information content (AvgIpc) is 2.74. The first-order valence-electron chi connectivity index (χ1n) is 6.12. The number of nitrogens with zero attached hydrogens (tertiary/aromatic N) is 1. The van der Waals surface area contributed by atoms with Gasteiger partial charge in [-0.25, -0.2) is 4.98 Å². The SMILES string of the molecule is COC(=O)C(C)(C)NCc1ccc2nc(C)oc2c1. The summed E-state index contributed by atoms with van der Waals surface area (Å²) in [6, 6.07) is 5.80. The molecule has 0 aliphatic rings. The largest absolute Gasteiger partial charge is 0.468 e. The molecule has 19 heavy (non-hydrogen) atoms. The minimum atomic E-state index is -0.721. The molecule has 0 saturated heterocycles.